The molecule has 0 radical (unpaired) electrons. The van der Waals surface area contributed by atoms with Crippen LogP contribution in [0.1, 0.15) is 0 Å². The van der Waals surface area contributed by atoms with E-state index in [2.05, 4.69) is 0 Å². The van der Waals surface area contributed by atoms with Crippen LogP contribution in [0.15, 0.2) is 48.6 Å². The number of hydrogen-bond donors (Lipinski definition) is 0. The first kappa shape index (κ1) is 14.4. The first-order valence-electron chi connectivity index (χ1n) is 7.11. The number of hydrogen-bond acceptors (Lipinski definition) is 4. The Bertz CT molecular complexity index is 505. The number of rotatable bonds is 0. The van der Waals surface area contributed by atoms with Crippen LogP contribution in [0.2, 0.25) is 0 Å². The number of fused-ring (bicyclic) bond motifs is 6. The summed E-state index contributed by atoms with van der Waals surface area (Å²) in [6, 6.07) is -1.23. The summed E-state index contributed by atoms with van der Waals surface area (Å²) in [4.78, 5) is 27.9. The van der Waals surface area contributed by atoms with E-state index in [0.717, 1.165) is 0 Å². The fourth-order valence-electron chi connectivity index (χ4n) is 3.29. The Hall–Kier alpha value is -2.50. The SMILES string of the molecule is COC(=O)N1C2C=CC=CC1C1C=CC=CC2N1C(=O)OC. The molecule has 0 spiro atoms. The summed E-state index contributed by atoms with van der Waals surface area (Å²) in [6.07, 6.45) is 14.4. The first-order valence-corrected chi connectivity index (χ1v) is 7.11. The maximum absolute atomic E-state index is 12.3. The van der Waals surface area contributed by atoms with Crippen molar-refractivity contribution >= 4 is 12.2 Å². The van der Waals surface area contributed by atoms with Crippen LogP contribution in [0.3, 0.4) is 0 Å². The minimum atomic E-state index is -0.408. The van der Waals surface area contributed by atoms with Crippen molar-refractivity contribution in [3.63, 3.8) is 0 Å². The van der Waals surface area contributed by atoms with Crippen molar-refractivity contribution in [2.24, 2.45) is 0 Å². The Morgan fingerprint density at radius 3 is 1.18 bits per heavy atom. The fraction of sp³-hybridized carbons (Fsp3) is 0.375. The minimum absolute atomic E-state index is 0.307. The molecule has 3 rings (SSSR count). The van der Waals surface area contributed by atoms with Gasteiger partial charge >= 0.3 is 12.2 Å². The molecule has 0 N–H and O–H groups in total. The summed E-state index contributed by atoms with van der Waals surface area (Å²) >= 11 is 0. The van der Waals surface area contributed by atoms with Crippen LogP contribution in [-0.2, 0) is 9.47 Å². The lowest BCUT2D eigenvalue weighted by Gasteiger charge is -2.50. The lowest BCUT2D eigenvalue weighted by molar-refractivity contribution is 0.00689. The molecule has 0 aromatic heterocycles. The fourth-order valence-corrected chi connectivity index (χ4v) is 3.29. The smallest absolute Gasteiger partial charge is 0.410 e. The molecule has 4 bridgehead atoms. The molecule has 2 amide bonds. The number of piperazine rings is 1. The topological polar surface area (TPSA) is 59.1 Å². The Morgan fingerprint density at radius 2 is 0.955 bits per heavy atom. The van der Waals surface area contributed by atoms with E-state index in [1.807, 2.05) is 48.6 Å². The highest BCUT2D eigenvalue weighted by Crippen LogP contribution is 2.34. The maximum Gasteiger partial charge on any atom is 0.410 e. The molecule has 6 nitrogen and oxygen atoms in total. The van der Waals surface area contributed by atoms with E-state index >= 15 is 0 Å². The van der Waals surface area contributed by atoms with E-state index in [9.17, 15) is 9.59 Å². The lowest BCUT2D eigenvalue weighted by Crippen LogP contribution is -2.68. The van der Waals surface area contributed by atoms with Gasteiger partial charge in [-0.1, -0.05) is 48.6 Å². The summed E-state index contributed by atoms with van der Waals surface area (Å²) in [6.45, 7) is 0. The zero-order chi connectivity index (χ0) is 15.7. The van der Waals surface area contributed by atoms with Gasteiger partial charge in [0.25, 0.3) is 0 Å². The van der Waals surface area contributed by atoms with Crippen molar-refractivity contribution in [1.29, 1.82) is 0 Å². The number of ether oxygens (including phenoxy) is 2. The van der Waals surface area contributed by atoms with Gasteiger partial charge in [-0.25, -0.2) is 9.59 Å². The second-order valence-corrected chi connectivity index (χ2v) is 5.26. The van der Waals surface area contributed by atoms with E-state index in [1.165, 1.54) is 14.2 Å². The molecule has 116 valence electrons. The Labute approximate surface area is 129 Å². The molecule has 3 aliphatic rings. The average Bonchev–Trinajstić information content (AvgIpc) is 2.82. The number of amides is 2. The summed E-state index contributed by atoms with van der Waals surface area (Å²) in [5, 5.41) is 0. The monoisotopic (exact) mass is 302 g/mol. The van der Waals surface area contributed by atoms with Crippen LogP contribution >= 0.6 is 0 Å². The summed E-state index contributed by atoms with van der Waals surface area (Å²) in [7, 11) is 2.73. The maximum atomic E-state index is 12.3. The van der Waals surface area contributed by atoms with E-state index in [4.69, 9.17) is 9.47 Å². The number of allylic oxidation sites excluding steroid dienone is 4. The normalized spacial score (nSPS) is 31.5. The predicted octanol–water partition coefficient (Wildman–Crippen LogP) is 1.86. The Balaban J connectivity index is 2.12. The largest absolute Gasteiger partial charge is 0.453 e. The van der Waals surface area contributed by atoms with Crippen LogP contribution in [0.5, 0.6) is 0 Å². The van der Waals surface area contributed by atoms with E-state index < -0.39 is 12.2 Å². The summed E-state index contributed by atoms with van der Waals surface area (Å²) in [5.41, 5.74) is 0. The Morgan fingerprint density at radius 1 is 0.682 bits per heavy atom. The third-order valence-corrected chi connectivity index (χ3v) is 4.21. The van der Waals surface area contributed by atoms with Gasteiger partial charge in [0.15, 0.2) is 0 Å². The molecule has 0 aromatic carbocycles. The molecule has 3 aliphatic heterocycles. The highest BCUT2D eigenvalue weighted by Gasteiger charge is 2.49. The molecule has 1 fully saturated rings. The van der Waals surface area contributed by atoms with E-state index in [-0.39, 0.29) is 24.2 Å². The molecule has 4 unspecified atom stereocenters. The molecule has 4 atom stereocenters. The van der Waals surface area contributed by atoms with Gasteiger partial charge in [-0.05, 0) is 0 Å². The van der Waals surface area contributed by atoms with Crippen molar-refractivity contribution in [1.82, 2.24) is 9.80 Å². The van der Waals surface area contributed by atoms with Crippen LogP contribution < -0.4 is 0 Å². The molecule has 1 saturated heterocycles. The van der Waals surface area contributed by atoms with Gasteiger partial charge in [-0.15, -0.1) is 0 Å². The zero-order valence-corrected chi connectivity index (χ0v) is 12.5. The van der Waals surface area contributed by atoms with Crippen molar-refractivity contribution in [3.8, 4) is 0 Å². The highest BCUT2D eigenvalue weighted by atomic mass is 16.5. The van der Waals surface area contributed by atoms with Crippen molar-refractivity contribution in [2.75, 3.05) is 14.2 Å². The van der Waals surface area contributed by atoms with Gasteiger partial charge in [-0.2, -0.15) is 0 Å². The van der Waals surface area contributed by atoms with Crippen LogP contribution in [0, 0.1) is 0 Å². The summed E-state index contributed by atoms with van der Waals surface area (Å²) < 4.78 is 9.89. The molecule has 3 heterocycles. The second kappa shape index (κ2) is 5.71. The van der Waals surface area contributed by atoms with Gasteiger partial charge in [0.05, 0.1) is 38.4 Å². The number of methoxy groups -OCH3 is 2. The standard InChI is InChI=1S/C16H18N2O4/c1-21-15(19)17-11-7-3-4-8-12(17)14-10-6-5-9-13(11)18(14)16(20)22-2/h3-14H,1-2H3. The molecule has 0 saturated carbocycles. The van der Waals surface area contributed by atoms with E-state index in [0.29, 0.717) is 0 Å². The molecule has 6 heteroatoms. The van der Waals surface area contributed by atoms with Crippen LogP contribution in [0.25, 0.3) is 0 Å². The van der Waals surface area contributed by atoms with Crippen LogP contribution in [0.4, 0.5) is 9.59 Å². The highest BCUT2D eigenvalue weighted by molar-refractivity contribution is 5.74. The van der Waals surface area contributed by atoms with E-state index in [1.54, 1.807) is 9.80 Å². The molecule has 22 heavy (non-hydrogen) atoms. The molecular formula is C16H18N2O4. The van der Waals surface area contributed by atoms with Gasteiger partial charge < -0.3 is 9.47 Å². The van der Waals surface area contributed by atoms with Gasteiger partial charge in [0.1, 0.15) is 0 Å². The number of nitrogens with zero attached hydrogens (tertiary/aromatic N) is 2. The predicted molar refractivity (Wildman–Crippen MR) is 80.2 cm³/mol. The first-order chi connectivity index (χ1) is 10.7. The second-order valence-electron chi connectivity index (χ2n) is 5.26. The van der Waals surface area contributed by atoms with Gasteiger partial charge in [0.2, 0.25) is 0 Å². The van der Waals surface area contributed by atoms with Crippen molar-refractivity contribution in [3.05, 3.63) is 48.6 Å². The average molecular weight is 302 g/mol. The lowest BCUT2D eigenvalue weighted by atomic mass is 9.93. The van der Waals surface area contributed by atoms with Gasteiger partial charge in [0, 0.05) is 0 Å². The third-order valence-electron chi connectivity index (χ3n) is 4.21. The number of carbonyl (C=O) groups is 2. The minimum Gasteiger partial charge on any atom is -0.453 e. The molecule has 0 aromatic rings. The number of carbonyl (C=O) groups excluding carboxylic acids is 2. The third kappa shape index (κ3) is 2.11. The van der Waals surface area contributed by atoms with Crippen molar-refractivity contribution < 1.29 is 19.1 Å². The van der Waals surface area contributed by atoms with Gasteiger partial charge in [-0.3, -0.25) is 9.80 Å². The molecular weight excluding hydrogens is 284 g/mol. The van der Waals surface area contributed by atoms with Crippen LogP contribution in [-0.4, -0.2) is 60.4 Å². The molecule has 0 aliphatic carbocycles. The summed E-state index contributed by atoms with van der Waals surface area (Å²) in [5.74, 6) is 0. The van der Waals surface area contributed by atoms with Crippen molar-refractivity contribution in [2.45, 2.75) is 24.2 Å². The zero-order valence-electron chi connectivity index (χ0n) is 12.5. The quantitative estimate of drug-likeness (QED) is 0.685. The Kier molecular flexibility index (Phi) is 3.75.